The maximum atomic E-state index is 2.36. The smallest absolute Gasteiger partial charge is 0.0541 e. The molecule has 186 valence electrons. The Bertz CT molecular complexity index is 1840. The fourth-order valence-electron chi connectivity index (χ4n) is 5.65. The first kappa shape index (κ1) is 23.1. The van der Waals surface area contributed by atoms with Gasteiger partial charge in [-0.2, -0.15) is 0 Å². The van der Waals surface area contributed by atoms with Gasteiger partial charge in [0.2, 0.25) is 0 Å². The van der Waals surface area contributed by atoms with Crippen LogP contribution in [0.2, 0.25) is 0 Å². The van der Waals surface area contributed by atoms with Gasteiger partial charge in [-0.05, 0) is 59.2 Å². The van der Waals surface area contributed by atoms with Crippen molar-refractivity contribution in [1.82, 2.24) is 4.57 Å². The van der Waals surface area contributed by atoms with Crippen LogP contribution in [-0.2, 0) is 0 Å². The molecule has 0 radical (unpaired) electrons. The SMILES string of the molecule is CN(c1ccc(-c2ccc(-n3c4ccccc4c4ccccc43)cc2)cc1)c1ccccc1-c1ccccc1. The van der Waals surface area contributed by atoms with Crippen LogP contribution in [0.4, 0.5) is 11.4 Å². The molecule has 0 amide bonds. The lowest BCUT2D eigenvalue weighted by Crippen LogP contribution is -2.10. The Hall–Kier alpha value is -5.08. The van der Waals surface area contributed by atoms with Gasteiger partial charge in [-0.15, -0.1) is 0 Å². The fraction of sp³-hybridized carbons (Fsp3) is 0.0270. The van der Waals surface area contributed by atoms with E-state index in [0.29, 0.717) is 0 Å². The third-order valence-corrected chi connectivity index (χ3v) is 7.64. The van der Waals surface area contributed by atoms with Crippen molar-refractivity contribution in [2.45, 2.75) is 0 Å². The monoisotopic (exact) mass is 500 g/mol. The fourth-order valence-corrected chi connectivity index (χ4v) is 5.65. The first-order valence-corrected chi connectivity index (χ1v) is 13.4. The van der Waals surface area contributed by atoms with Gasteiger partial charge in [0.05, 0.1) is 11.0 Å². The summed E-state index contributed by atoms with van der Waals surface area (Å²) in [6.07, 6.45) is 0. The number of anilines is 2. The average molecular weight is 501 g/mol. The zero-order chi connectivity index (χ0) is 26.2. The minimum absolute atomic E-state index is 1.16. The molecule has 0 saturated carbocycles. The summed E-state index contributed by atoms with van der Waals surface area (Å²) < 4.78 is 2.36. The zero-order valence-electron chi connectivity index (χ0n) is 21.8. The molecule has 0 aliphatic carbocycles. The van der Waals surface area contributed by atoms with E-state index in [1.807, 2.05) is 0 Å². The zero-order valence-corrected chi connectivity index (χ0v) is 21.8. The molecule has 0 N–H and O–H groups in total. The number of benzene rings is 6. The van der Waals surface area contributed by atoms with Crippen molar-refractivity contribution in [2.75, 3.05) is 11.9 Å². The van der Waals surface area contributed by atoms with Crippen molar-refractivity contribution in [3.05, 3.63) is 152 Å². The average Bonchev–Trinajstić information content (AvgIpc) is 3.36. The third-order valence-electron chi connectivity index (χ3n) is 7.64. The van der Waals surface area contributed by atoms with Crippen LogP contribution in [0.3, 0.4) is 0 Å². The highest BCUT2D eigenvalue weighted by Crippen LogP contribution is 2.36. The Morgan fingerprint density at radius 2 is 0.949 bits per heavy atom. The molecule has 1 heterocycles. The normalized spacial score (nSPS) is 11.2. The number of fused-ring (bicyclic) bond motifs is 3. The van der Waals surface area contributed by atoms with Crippen molar-refractivity contribution in [3.63, 3.8) is 0 Å². The molecule has 6 aromatic carbocycles. The highest BCUT2D eigenvalue weighted by atomic mass is 15.1. The molecule has 2 nitrogen and oxygen atoms in total. The maximum Gasteiger partial charge on any atom is 0.0541 e. The highest BCUT2D eigenvalue weighted by Gasteiger charge is 2.13. The molecule has 1 aromatic heterocycles. The molecule has 0 unspecified atom stereocenters. The summed E-state index contributed by atoms with van der Waals surface area (Å²) >= 11 is 0. The topological polar surface area (TPSA) is 8.17 Å². The van der Waals surface area contributed by atoms with Gasteiger partial charge in [-0.1, -0.05) is 109 Å². The van der Waals surface area contributed by atoms with E-state index in [9.17, 15) is 0 Å². The summed E-state index contributed by atoms with van der Waals surface area (Å²) in [7, 11) is 2.14. The predicted octanol–water partition coefficient (Wildman–Crippen LogP) is 9.89. The van der Waals surface area contributed by atoms with Crippen molar-refractivity contribution in [1.29, 1.82) is 0 Å². The van der Waals surface area contributed by atoms with Gasteiger partial charge in [0, 0.05) is 40.4 Å². The Kier molecular flexibility index (Phi) is 5.71. The number of nitrogens with zero attached hydrogens (tertiary/aromatic N) is 2. The van der Waals surface area contributed by atoms with E-state index in [2.05, 4.69) is 168 Å². The molecule has 0 bridgehead atoms. The summed E-state index contributed by atoms with van der Waals surface area (Å²) in [6, 6.07) is 54.2. The molecule has 0 fully saturated rings. The summed E-state index contributed by atoms with van der Waals surface area (Å²) in [5, 5.41) is 2.57. The molecule has 2 heteroatoms. The van der Waals surface area contributed by atoms with Crippen LogP contribution in [0.15, 0.2) is 152 Å². The first-order valence-electron chi connectivity index (χ1n) is 13.4. The second-order valence-corrected chi connectivity index (χ2v) is 9.91. The van der Waals surface area contributed by atoms with E-state index in [1.54, 1.807) is 0 Å². The van der Waals surface area contributed by atoms with Gasteiger partial charge in [0.1, 0.15) is 0 Å². The number of rotatable bonds is 5. The lowest BCUT2D eigenvalue weighted by atomic mass is 10.0. The number of para-hydroxylation sites is 3. The van der Waals surface area contributed by atoms with Crippen molar-refractivity contribution < 1.29 is 0 Å². The number of hydrogen-bond donors (Lipinski definition) is 0. The van der Waals surface area contributed by atoms with Crippen LogP contribution >= 0.6 is 0 Å². The Morgan fingerprint density at radius 3 is 1.59 bits per heavy atom. The Balaban J connectivity index is 1.19. The lowest BCUT2D eigenvalue weighted by Gasteiger charge is -2.23. The third kappa shape index (κ3) is 4.07. The summed E-state index contributed by atoms with van der Waals surface area (Å²) in [4.78, 5) is 2.26. The first-order chi connectivity index (χ1) is 19.3. The molecule has 39 heavy (non-hydrogen) atoms. The van der Waals surface area contributed by atoms with Crippen LogP contribution in [0.1, 0.15) is 0 Å². The van der Waals surface area contributed by atoms with Crippen molar-refractivity contribution >= 4 is 33.2 Å². The quantitative estimate of drug-likeness (QED) is 0.228. The predicted molar refractivity (Wildman–Crippen MR) is 166 cm³/mol. The Labute approximate surface area is 229 Å². The molecule has 7 aromatic rings. The number of hydrogen-bond acceptors (Lipinski definition) is 1. The van der Waals surface area contributed by atoms with Crippen LogP contribution in [0.25, 0.3) is 49.7 Å². The van der Waals surface area contributed by atoms with Crippen molar-refractivity contribution in [2.24, 2.45) is 0 Å². The van der Waals surface area contributed by atoms with Crippen LogP contribution in [-0.4, -0.2) is 11.6 Å². The van der Waals surface area contributed by atoms with Crippen LogP contribution in [0, 0.1) is 0 Å². The lowest BCUT2D eigenvalue weighted by molar-refractivity contribution is 1.18. The largest absolute Gasteiger partial charge is 0.344 e. The maximum absolute atomic E-state index is 2.36. The molecular weight excluding hydrogens is 472 g/mol. The molecule has 0 aliphatic heterocycles. The molecule has 0 spiro atoms. The molecule has 0 aliphatic rings. The standard InChI is InChI=1S/C37H28N2/c1-38(35-16-8-5-13-32(35)29-11-3-2-4-12-29)30-23-19-27(20-24-30)28-21-25-31(26-22-28)39-36-17-9-6-14-33(36)34-15-7-10-18-37(34)39/h2-26H,1H3. The van der Waals surface area contributed by atoms with E-state index in [4.69, 9.17) is 0 Å². The van der Waals surface area contributed by atoms with E-state index in [0.717, 1.165) is 5.69 Å². The Morgan fingerprint density at radius 1 is 0.436 bits per heavy atom. The highest BCUT2D eigenvalue weighted by molar-refractivity contribution is 6.09. The van der Waals surface area contributed by atoms with Gasteiger partial charge < -0.3 is 9.47 Å². The molecule has 7 rings (SSSR count). The van der Waals surface area contributed by atoms with E-state index < -0.39 is 0 Å². The number of aromatic nitrogens is 1. The van der Waals surface area contributed by atoms with Gasteiger partial charge >= 0.3 is 0 Å². The van der Waals surface area contributed by atoms with Crippen LogP contribution in [0.5, 0.6) is 0 Å². The molecular formula is C37H28N2. The van der Waals surface area contributed by atoms with E-state index in [-0.39, 0.29) is 0 Å². The van der Waals surface area contributed by atoms with Gasteiger partial charge in [0.15, 0.2) is 0 Å². The van der Waals surface area contributed by atoms with Crippen molar-refractivity contribution in [3.8, 4) is 27.9 Å². The van der Waals surface area contributed by atoms with E-state index >= 15 is 0 Å². The summed E-state index contributed by atoms with van der Waals surface area (Å²) in [6.45, 7) is 0. The molecule has 0 saturated heterocycles. The summed E-state index contributed by atoms with van der Waals surface area (Å²) in [5.41, 5.74) is 10.8. The summed E-state index contributed by atoms with van der Waals surface area (Å²) in [5.74, 6) is 0. The van der Waals surface area contributed by atoms with Crippen LogP contribution < -0.4 is 4.90 Å². The van der Waals surface area contributed by atoms with Gasteiger partial charge in [-0.25, -0.2) is 0 Å². The second kappa shape index (κ2) is 9.66. The minimum Gasteiger partial charge on any atom is -0.344 e. The molecule has 0 atom stereocenters. The second-order valence-electron chi connectivity index (χ2n) is 9.91. The minimum atomic E-state index is 1.16. The van der Waals surface area contributed by atoms with Gasteiger partial charge in [0.25, 0.3) is 0 Å². The van der Waals surface area contributed by atoms with Gasteiger partial charge in [-0.3, -0.25) is 0 Å². The van der Waals surface area contributed by atoms with E-state index in [1.165, 1.54) is 55.4 Å².